The molecule has 0 unspecified atom stereocenters. The van der Waals surface area contributed by atoms with Crippen LogP contribution in [-0.2, 0) is 0 Å². The second-order valence-electron chi connectivity index (χ2n) is 2.01. The van der Waals surface area contributed by atoms with Gasteiger partial charge in [0.25, 0.3) is 0 Å². The molecule has 0 aliphatic heterocycles. The third-order valence-corrected chi connectivity index (χ3v) is 2.60. The minimum atomic E-state index is -0.834. The molecule has 0 fully saturated rings. The smallest absolute Gasteiger partial charge is 0.154 e. The summed E-state index contributed by atoms with van der Waals surface area (Å²) in [6, 6.07) is 1.36. The number of rotatable bonds is 1. The monoisotopic (exact) mass is 283 g/mol. The van der Waals surface area contributed by atoms with E-state index in [0.717, 1.165) is 0 Å². The molecular formula is C6HBrCl2FN3. The zero-order valence-electron chi connectivity index (χ0n) is 5.93. The summed E-state index contributed by atoms with van der Waals surface area (Å²) in [5.74, 6) is -0.834. The summed E-state index contributed by atoms with van der Waals surface area (Å²) in [5.41, 5.74) is 7.93. The van der Waals surface area contributed by atoms with Crippen LogP contribution in [-0.4, -0.2) is 0 Å². The fourth-order valence-corrected chi connectivity index (χ4v) is 1.64. The van der Waals surface area contributed by atoms with Crippen molar-refractivity contribution in [3.05, 3.63) is 36.8 Å². The molecule has 0 aliphatic rings. The summed E-state index contributed by atoms with van der Waals surface area (Å²) < 4.78 is 13.5. The molecule has 0 amide bonds. The van der Waals surface area contributed by atoms with Crippen molar-refractivity contribution in [3.8, 4) is 0 Å². The van der Waals surface area contributed by atoms with Crippen molar-refractivity contribution in [2.75, 3.05) is 0 Å². The van der Waals surface area contributed by atoms with Crippen LogP contribution in [0.5, 0.6) is 0 Å². The van der Waals surface area contributed by atoms with Gasteiger partial charge in [-0.25, -0.2) is 4.39 Å². The average Bonchev–Trinajstić information content (AvgIpc) is 2.09. The molecule has 0 radical (unpaired) electrons. The van der Waals surface area contributed by atoms with Gasteiger partial charge in [0.15, 0.2) is 5.82 Å². The number of hydrogen-bond acceptors (Lipinski definition) is 1. The number of azide groups is 1. The molecule has 0 aromatic heterocycles. The molecule has 0 N–H and O–H groups in total. The Kier molecular flexibility index (Phi) is 3.39. The summed E-state index contributed by atoms with van der Waals surface area (Å²) in [6.45, 7) is 0. The van der Waals surface area contributed by atoms with Gasteiger partial charge < -0.3 is 0 Å². The van der Waals surface area contributed by atoms with Gasteiger partial charge in [-0.05, 0) is 11.6 Å². The normalized spacial score (nSPS) is 9.54. The van der Waals surface area contributed by atoms with Crippen molar-refractivity contribution < 1.29 is 4.39 Å². The van der Waals surface area contributed by atoms with Crippen LogP contribution < -0.4 is 0 Å². The maximum atomic E-state index is 13.2. The Labute approximate surface area is 91.2 Å². The molecule has 0 saturated carbocycles. The molecule has 0 aliphatic carbocycles. The Bertz CT molecular complexity index is 403. The van der Waals surface area contributed by atoms with E-state index >= 15 is 0 Å². The van der Waals surface area contributed by atoms with Crippen molar-refractivity contribution in [3.63, 3.8) is 0 Å². The van der Waals surface area contributed by atoms with E-state index in [1.165, 1.54) is 6.07 Å². The first-order valence-corrected chi connectivity index (χ1v) is 4.51. The summed E-state index contributed by atoms with van der Waals surface area (Å²) in [4.78, 5) is 2.45. The van der Waals surface area contributed by atoms with E-state index in [2.05, 4.69) is 26.0 Å². The van der Waals surface area contributed by atoms with E-state index in [-0.39, 0.29) is 20.2 Å². The fourth-order valence-electron chi connectivity index (χ4n) is 0.693. The Balaban J connectivity index is 3.52. The van der Waals surface area contributed by atoms with Gasteiger partial charge in [-0.1, -0.05) is 44.2 Å². The number of benzene rings is 1. The van der Waals surface area contributed by atoms with Gasteiger partial charge in [-0.15, -0.1) is 0 Å². The maximum absolute atomic E-state index is 13.2. The highest BCUT2D eigenvalue weighted by Gasteiger charge is 2.13. The molecule has 1 aromatic carbocycles. The molecule has 0 spiro atoms. The van der Waals surface area contributed by atoms with E-state index in [4.69, 9.17) is 28.7 Å². The molecule has 0 heterocycles. The van der Waals surface area contributed by atoms with E-state index in [0.29, 0.717) is 0 Å². The largest absolute Gasteiger partial charge is 0.205 e. The standard InChI is InChI=1S/C6HBrCl2FN3/c7-2-1-3(8)4(9)5(10)6(2)12-13-11/h1H. The molecule has 13 heavy (non-hydrogen) atoms. The molecule has 7 heteroatoms. The number of hydrogen-bond donors (Lipinski definition) is 0. The van der Waals surface area contributed by atoms with Gasteiger partial charge in [-0.3, -0.25) is 0 Å². The Morgan fingerprint density at radius 3 is 2.69 bits per heavy atom. The van der Waals surface area contributed by atoms with Crippen LogP contribution in [0.1, 0.15) is 0 Å². The highest BCUT2D eigenvalue weighted by Crippen LogP contribution is 2.37. The quantitative estimate of drug-likeness (QED) is 0.233. The molecule has 0 atom stereocenters. The summed E-state index contributed by atoms with van der Waals surface area (Å²) in [7, 11) is 0. The van der Waals surface area contributed by atoms with Gasteiger partial charge in [0, 0.05) is 9.38 Å². The number of nitrogens with zero attached hydrogens (tertiary/aromatic N) is 3. The summed E-state index contributed by atoms with van der Waals surface area (Å²) >= 11 is 14.0. The van der Waals surface area contributed by atoms with Crippen LogP contribution in [0.4, 0.5) is 10.1 Å². The van der Waals surface area contributed by atoms with Crippen LogP contribution >= 0.6 is 39.1 Å². The van der Waals surface area contributed by atoms with Crippen molar-refractivity contribution in [1.29, 1.82) is 0 Å². The van der Waals surface area contributed by atoms with Crippen molar-refractivity contribution in [2.45, 2.75) is 0 Å². The van der Waals surface area contributed by atoms with Gasteiger partial charge in [-0.2, -0.15) is 0 Å². The fraction of sp³-hybridized carbons (Fsp3) is 0. The molecule has 0 bridgehead atoms. The van der Waals surface area contributed by atoms with Crippen molar-refractivity contribution >= 4 is 44.8 Å². The topological polar surface area (TPSA) is 48.8 Å². The Morgan fingerprint density at radius 1 is 1.54 bits per heavy atom. The third-order valence-electron chi connectivity index (χ3n) is 1.23. The lowest BCUT2D eigenvalue weighted by molar-refractivity contribution is 0.629. The van der Waals surface area contributed by atoms with E-state index in [1.54, 1.807) is 0 Å². The molecule has 1 aromatic rings. The highest BCUT2D eigenvalue weighted by atomic mass is 79.9. The molecular weight excluding hydrogens is 284 g/mol. The SMILES string of the molecule is [N-]=[N+]=Nc1c(Br)cc(Cl)c(Cl)c1F. The van der Waals surface area contributed by atoms with Crippen molar-refractivity contribution in [2.24, 2.45) is 5.11 Å². The lowest BCUT2D eigenvalue weighted by atomic mass is 10.3. The van der Waals surface area contributed by atoms with Gasteiger partial charge in [0.2, 0.25) is 0 Å². The molecule has 3 nitrogen and oxygen atoms in total. The van der Waals surface area contributed by atoms with Crippen LogP contribution in [0, 0.1) is 5.82 Å². The molecule has 0 saturated heterocycles. The zero-order chi connectivity index (χ0) is 10.0. The van der Waals surface area contributed by atoms with Gasteiger partial charge in [0.1, 0.15) is 0 Å². The first-order valence-electron chi connectivity index (χ1n) is 2.96. The van der Waals surface area contributed by atoms with E-state index < -0.39 is 5.82 Å². The lowest BCUT2D eigenvalue weighted by Gasteiger charge is -2.02. The van der Waals surface area contributed by atoms with Crippen LogP contribution in [0.2, 0.25) is 10.0 Å². The van der Waals surface area contributed by atoms with Gasteiger partial charge in [0.05, 0.1) is 15.7 Å². The minimum absolute atomic E-state index is 0.0583. The van der Waals surface area contributed by atoms with Gasteiger partial charge >= 0.3 is 0 Å². The first-order chi connectivity index (χ1) is 6.07. The second-order valence-corrected chi connectivity index (χ2v) is 3.65. The first kappa shape index (κ1) is 10.6. The van der Waals surface area contributed by atoms with E-state index in [1.807, 2.05) is 0 Å². The maximum Gasteiger partial charge on any atom is 0.154 e. The predicted octanol–water partition coefficient (Wildman–Crippen LogP) is 4.84. The zero-order valence-corrected chi connectivity index (χ0v) is 9.03. The average molecular weight is 285 g/mol. The number of halogens is 4. The molecule has 68 valence electrons. The summed E-state index contributed by atoms with van der Waals surface area (Å²) in [5, 5.41) is 2.92. The lowest BCUT2D eigenvalue weighted by Crippen LogP contribution is -1.81. The third kappa shape index (κ3) is 2.06. The van der Waals surface area contributed by atoms with E-state index in [9.17, 15) is 4.39 Å². The predicted molar refractivity (Wildman–Crippen MR) is 52.9 cm³/mol. The van der Waals surface area contributed by atoms with Crippen LogP contribution in [0.25, 0.3) is 10.4 Å². The Morgan fingerprint density at radius 2 is 2.15 bits per heavy atom. The van der Waals surface area contributed by atoms with Crippen LogP contribution in [0.15, 0.2) is 15.7 Å². The van der Waals surface area contributed by atoms with Crippen molar-refractivity contribution in [1.82, 2.24) is 0 Å². The summed E-state index contributed by atoms with van der Waals surface area (Å²) in [6.07, 6.45) is 0. The highest BCUT2D eigenvalue weighted by molar-refractivity contribution is 9.10. The second kappa shape index (κ2) is 4.15. The Hall–Kier alpha value is -0.480. The molecule has 1 rings (SSSR count). The minimum Gasteiger partial charge on any atom is -0.205 e. The van der Waals surface area contributed by atoms with Crippen LogP contribution in [0.3, 0.4) is 0 Å².